The molecular weight excluding hydrogens is 250 g/mol. The number of benzene rings is 1. The maximum absolute atomic E-state index is 12.1. The molecule has 0 aliphatic rings. The molecule has 0 aliphatic carbocycles. The number of hydrogen-bond donors (Lipinski definition) is 0. The van der Waals surface area contributed by atoms with E-state index >= 15 is 0 Å². The van der Waals surface area contributed by atoms with Crippen LogP contribution in [0.5, 0.6) is 0 Å². The van der Waals surface area contributed by atoms with E-state index in [1.165, 1.54) is 12.0 Å². The Morgan fingerprint density at radius 3 is 2.33 bits per heavy atom. The van der Waals surface area contributed by atoms with Crippen LogP contribution < -0.4 is 0 Å². The summed E-state index contributed by atoms with van der Waals surface area (Å²) in [6.45, 7) is 2.28. The van der Waals surface area contributed by atoms with Gasteiger partial charge in [0.05, 0.1) is 7.11 Å². The zero-order valence-electron chi connectivity index (χ0n) is 10.8. The van der Waals surface area contributed by atoms with E-state index in [4.69, 9.17) is 0 Å². The van der Waals surface area contributed by atoms with Crippen molar-refractivity contribution in [2.24, 2.45) is 0 Å². The molecular formula is C13H17NO3S. The Morgan fingerprint density at radius 2 is 1.89 bits per heavy atom. The predicted molar refractivity (Wildman–Crippen MR) is 71.8 cm³/mol. The molecule has 0 aromatic heterocycles. The second-order valence-electron chi connectivity index (χ2n) is 3.62. The van der Waals surface area contributed by atoms with E-state index in [1.807, 2.05) is 25.3 Å². The fourth-order valence-corrected chi connectivity index (χ4v) is 1.87. The number of carbonyl (C=O) groups excluding carboxylic acids is 2. The van der Waals surface area contributed by atoms with Crippen LogP contribution in [-0.4, -0.2) is 43.2 Å². The van der Waals surface area contributed by atoms with Crippen molar-refractivity contribution >= 4 is 23.6 Å². The first-order valence-corrected chi connectivity index (χ1v) is 6.85. The van der Waals surface area contributed by atoms with Gasteiger partial charge in [0, 0.05) is 17.0 Å². The SMILES string of the molecule is CCN(CC(=O)OC)C(=O)c1ccc(SC)cc1. The van der Waals surface area contributed by atoms with E-state index in [0.29, 0.717) is 12.1 Å². The lowest BCUT2D eigenvalue weighted by Gasteiger charge is -2.19. The van der Waals surface area contributed by atoms with Crippen LogP contribution in [0.3, 0.4) is 0 Å². The van der Waals surface area contributed by atoms with Gasteiger partial charge >= 0.3 is 5.97 Å². The van der Waals surface area contributed by atoms with Crippen LogP contribution in [0.1, 0.15) is 17.3 Å². The minimum atomic E-state index is -0.411. The topological polar surface area (TPSA) is 46.6 Å². The fourth-order valence-electron chi connectivity index (χ4n) is 1.46. The average Bonchev–Trinajstić information content (AvgIpc) is 2.43. The molecule has 5 heteroatoms. The summed E-state index contributed by atoms with van der Waals surface area (Å²) >= 11 is 1.62. The van der Waals surface area contributed by atoms with Crippen LogP contribution in [0.2, 0.25) is 0 Å². The lowest BCUT2D eigenvalue weighted by atomic mass is 10.2. The lowest BCUT2D eigenvalue weighted by molar-refractivity contribution is -0.141. The zero-order valence-corrected chi connectivity index (χ0v) is 11.6. The molecule has 0 spiro atoms. The molecule has 0 aliphatic heterocycles. The molecule has 0 saturated carbocycles. The van der Waals surface area contributed by atoms with Crippen LogP contribution in [-0.2, 0) is 9.53 Å². The lowest BCUT2D eigenvalue weighted by Crippen LogP contribution is -2.36. The van der Waals surface area contributed by atoms with Crippen molar-refractivity contribution in [3.63, 3.8) is 0 Å². The van der Waals surface area contributed by atoms with Crippen molar-refractivity contribution in [3.05, 3.63) is 29.8 Å². The Bertz CT molecular complexity index is 417. The Balaban J connectivity index is 2.79. The number of carbonyl (C=O) groups is 2. The normalized spacial score (nSPS) is 9.94. The fraction of sp³-hybridized carbons (Fsp3) is 0.385. The standard InChI is InChI=1S/C13H17NO3S/c1-4-14(9-12(15)17-2)13(16)10-5-7-11(18-3)8-6-10/h5-8H,4,9H2,1-3H3. The second kappa shape index (κ2) is 7.06. The highest BCUT2D eigenvalue weighted by Crippen LogP contribution is 2.15. The van der Waals surface area contributed by atoms with E-state index in [0.717, 1.165) is 4.90 Å². The summed E-state index contributed by atoms with van der Waals surface area (Å²) in [7, 11) is 1.31. The van der Waals surface area contributed by atoms with E-state index < -0.39 is 5.97 Å². The van der Waals surface area contributed by atoms with E-state index in [9.17, 15) is 9.59 Å². The van der Waals surface area contributed by atoms with Gasteiger partial charge in [0.2, 0.25) is 0 Å². The summed E-state index contributed by atoms with van der Waals surface area (Å²) < 4.78 is 4.57. The summed E-state index contributed by atoms with van der Waals surface area (Å²) in [5.41, 5.74) is 0.582. The van der Waals surface area contributed by atoms with Gasteiger partial charge in [-0.15, -0.1) is 11.8 Å². The van der Waals surface area contributed by atoms with E-state index in [-0.39, 0.29) is 12.5 Å². The molecule has 0 fully saturated rings. The second-order valence-corrected chi connectivity index (χ2v) is 4.50. The number of methoxy groups -OCH3 is 1. The van der Waals surface area contributed by atoms with Crippen LogP contribution >= 0.6 is 11.8 Å². The summed E-state index contributed by atoms with van der Waals surface area (Å²) in [6, 6.07) is 7.33. The first kappa shape index (κ1) is 14.6. The highest BCUT2D eigenvalue weighted by atomic mass is 32.2. The molecule has 0 unspecified atom stereocenters. The number of hydrogen-bond acceptors (Lipinski definition) is 4. The first-order valence-electron chi connectivity index (χ1n) is 5.62. The van der Waals surface area contributed by atoms with Gasteiger partial charge in [-0.1, -0.05) is 0 Å². The molecule has 1 rings (SSSR count). The molecule has 1 aromatic carbocycles. The van der Waals surface area contributed by atoms with Crippen LogP contribution in [0.15, 0.2) is 29.2 Å². The van der Waals surface area contributed by atoms with Gasteiger partial charge in [-0.05, 0) is 37.4 Å². The predicted octanol–water partition coefficient (Wildman–Crippen LogP) is 2.04. The number of esters is 1. The molecule has 0 atom stereocenters. The molecule has 0 N–H and O–H groups in total. The largest absolute Gasteiger partial charge is 0.468 e. The number of thioether (sulfide) groups is 1. The third kappa shape index (κ3) is 3.77. The van der Waals surface area contributed by atoms with Crippen LogP contribution in [0.25, 0.3) is 0 Å². The van der Waals surface area contributed by atoms with Gasteiger partial charge in [0.25, 0.3) is 5.91 Å². The van der Waals surface area contributed by atoms with Gasteiger partial charge in [0.1, 0.15) is 6.54 Å². The number of amides is 1. The third-order valence-electron chi connectivity index (χ3n) is 2.55. The van der Waals surface area contributed by atoms with Crippen molar-refractivity contribution in [2.75, 3.05) is 26.5 Å². The van der Waals surface area contributed by atoms with Crippen molar-refractivity contribution in [3.8, 4) is 0 Å². The smallest absolute Gasteiger partial charge is 0.325 e. The molecule has 0 heterocycles. The summed E-state index contributed by atoms with van der Waals surface area (Å²) in [4.78, 5) is 25.9. The van der Waals surface area contributed by atoms with Crippen molar-refractivity contribution < 1.29 is 14.3 Å². The van der Waals surface area contributed by atoms with Crippen molar-refractivity contribution in [1.82, 2.24) is 4.90 Å². The minimum absolute atomic E-state index is 0.0177. The Hall–Kier alpha value is -1.49. The Kier molecular flexibility index (Phi) is 5.71. The summed E-state index contributed by atoms with van der Waals surface area (Å²) in [5, 5.41) is 0. The van der Waals surface area contributed by atoms with Gasteiger partial charge in [-0.2, -0.15) is 0 Å². The average molecular weight is 267 g/mol. The van der Waals surface area contributed by atoms with Gasteiger partial charge < -0.3 is 9.64 Å². The molecule has 98 valence electrons. The van der Waals surface area contributed by atoms with E-state index in [2.05, 4.69) is 4.74 Å². The van der Waals surface area contributed by atoms with Crippen LogP contribution in [0.4, 0.5) is 0 Å². The summed E-state index contributed by atoms with van der Waals surface area (Å²) in [6.07, 6.45) is 1.98. The first-order chi connectivity index (χ1) is 8.62. The highest BCUT2D eigenvalue weighted by molar-refractivity contribution is 7.98. The number of rotatable bonds is 5. The monoisotopic (exact) mass is 267 g/mol. The van der Waals surface area contributed by atoms with Gasteiger partial charge in [-0.25, -0.2) is 0 Å². The van der Waals surface area contributed by atoms with Gasteiger partial charge in [-0.3, -0.25) is 9.59 Å². The van der Waals surface area contributed by atoms with E-state index in [1.54, 1.807) is 23.9 Å². The van der Waals surface area contributed by atoms with Gasteiger partial charge in [0.15, 0.2) is 0 Å². The molecule has 0 radical (unpaired) electrons. The van der Waals surface area contributed by atoms with Crippen LogP contribution in [0, 0.1) is 0 Å². The zero-order chi connectivity index (χ0) is 13.5. The van der Waals surface area contributed by atoms with Crippen molar-refractivity contribution in [1.29, 1.82) is 0 Å². The maximum Gasteiger partial charge on any atom is 0.325 e. The van der Waals surface area contributed by atoms with Crippen molar-refractivity contribution in [2.45, 2.75) is 11.8 Å². The molecule has 18 heavy (non-hydrogen) atoms. The minimum Gasteiger partial charge on any atom is -0.468 e. The molecule has 0 saturated heterocycles. The third-order valence-corrected chi connectivity index (χ3v) is 3.30. The number of likely N-dealkylation sites (N-methyl/N-ethyl adjacent to an activating group) is 1. The maximum atomic E-state index is 12.1. The Morgan fingerprint density at radius 1 is 1.28 bits per heavy atom. The molecule has 1 aromatic rings. The summed E-state index contributed by atoms with van der Waals surface area (Å²) in [5.74, 6) is -0.568. The molecule has 1 amide bonds. The molecule has 0 bridgehead atoms. The number of nitrogens with zero attached hydrogens (tertiary/aromatic N) is 1. The number of ether oxygens (including phenoxy) is 1. The quantitative estimate of drug-likeness (QED) is 0.605. The molecule has 4 nitrogen and oxygen atoms in total. The highest BCUT2D eigenvalue weighted by Gasteiger charge is 2.17. The Labute approximate surface area is 111 Å².